The quantitative estimate of drug-likeness (QED) is 0.710. The van der Waals surface area contributed by atoms with E-state index in [4.69, 9.17) is 5.73 Å². The molecule has 0 saturated heterocycles. The fraction of sp³-hybridized carbons (Fsp3) is 0.154. The third-order valence-corrected chi connectivity index (χ3v) is 3.33. The minimum absolute atomic E-state index is 0.171. The lowest BCUT2D eigenvalue weighted by Crippen LogP contribution is -2.33. The summed E-state index contributed by atoms with van der Waals surface area (Å²) in [4.78, 5) is 36.8. The summed E-state index contributed by atoms with van der Waals surface area (Å²) >= 11 is 3.00. The predicted molar refractivity (Wildman–Crippen MR) is 83.2 cm³/mol. The van der Waals surface area contributed by atoms with Gasteiger partial charge in [0.2, 0.25) is 5.91 Å². The molecule has 1 aromatic carbocycles. The molecule has 0 saturated carbocycles. The number of halogens is 1. The zero-order chi connectivity index (χ0) is 15.6. The number of H-pyrrole nitrogens is 1. The van der Waals surface area contributed by atoms with Crippen molar-refractivity contribution in [1.82, 2.24) is 9.55 Å². The Bertz CT molecular complexity index is 810. The molecular formula is C13H13BrN4O3. The van der Waals surface area contributed by atoms with Crippen LogP contribution in [0.2, 0.25) is 0 Å². The third-order valence-electron chi connectivity index (χ3n) is 2.76. The van der Waals surface area contributed by atoms with E-state index >= 15 is 0 Å². The number of nitrogen functional groups attached to an aromatic ring is 1. The molecule has 2 rings (SSSR count). The van der Waals surface area contributed by atoms with E-state index in [0.29, 0.717) is 11.4 Å². The maximum atomic E-state index is 11.9. The van der Waals surface area contributed by atoms with E-state index in [1.165, 1.54) is 6.20 Å². The maximum Gasteiger partial charge on any atom is 0.328 e. The van der Waals surface area contributed by atoms with Gasteiger partial charge in [-0.05, 0) is 40.5 Å². The van der Waals surface area contributed by atoms with Gasteiger partial charge in [0.25, 0.3) is 5.56 Å². The van der Waals surface area contributed by atoms with Crippen LogP contribution in [0.25, 0.3) is 0 Å². The van der Waals surface area contributed by atoms with Crippen molar-refractivity contribution in [3.05, 3.63) is 55.3 Å². The fourth-order valence-electron chi connectivity index (χ4n) is 1.74. The molecular weight excluding hydrogens is 340 g/mol. The highest BCUT2D eigenvalue weighted by Gasteiger charge is 2.09. The highest BCUT2D eigenvalue weighted by atomic mass is 79.9. The van der Waals surface area contributed by atoms with Gasteiger partial charge < -0.3 is 11.1 Å². The Morgan fingerprint density at radius 2 is 2.14 bits per heavy atom. The molecule has 0 radical (unpaired) electrons. The summed E-state index contributed by atoms with van der Waals surface area (Å²) in [6.07, 6.45) is 1.26. The molecule has 110 valence electrons. The zero-order valence-electron chi connectivity index (χ0n) is 11.1. The minimum atomic E-state index is -0.657. The summed E-state index contributed by atoms with van der Waals surface area (Å²) in [5.74, 6) is -0.424. The Kier molecular flexibility index (Phi) is 4.27. The zero-order valence-corrected chi connectivity index (χ0v) is 12.7. The normalized spacial score (nSPS) is 10.4. The maximum absolute atomic E-state index is 11.9. The van der Waals surface area contributed by atoms with Gasteiger partial charge >= 0.3 is 5.69 Å². The standard InChI is InChI=1S/C13H13BrN4O3/c1-7-2-3-10(9(15)4-7)16-11(19)6-18-5-8(14)12(20)17-13(18)21/h2-5H,6,15H2,1H3,(H,16,19)(H,17,20,21). The Morgan fingerprint density at radius 1 is 1.43 bits per heavy atom. The molecule has 8 heteroatoms. The summed E-state index contributed by atoms with van der Waals surface area (Å²) in [6, 6.07) is 5.24. The van der Waals surface area contributed by atoms with Crippen LogP contribution in [0.5, 0.6) is 0 Å². The monoisotopic (exact) mass is 352 g/mol. The highest BCUT2D eigenvalue weighted by molar-refractivity contribution is 9.10. The van der Waals surface area contributed by atoms with Gasteiger partial charge in [0.05, 0.1) is 15.8 Å². The number of amides is 1. The minimum Gasteiger partial charge on any atom is -0.397 e. The van der Waals surface area contributed by atoms with Crippen molar-refractivity contribution < 1.29 is 4.79 Å². The molecule has 0 aliphatic carbocycles. The number of benzene rings is 1. The Balaban J connectivity index is 2.17. The highest BCUT2D eigenvalue weighted by Crippen LogP contribution is 2.19. The van der Waals surface area contributed by atoms with Gasteiger partial charge in [-0.25, -0.2) is 4.79 Å². The molecule has 1 amide bonds. The average molecular weight is 353 g/mol. The van der Waals surface area contributed by atoms with Crippen LogP contribution < -0.4 is 22.3 Å². The number of aryl methyl sites for hydroxylation is 1. The van der Waals surface area contributed by atoms with Gasteiger partial charge in [-0.15, -0.1) is 0 Å². The van der Waals surface area contributed by atoms with Gasteiger partial charge in [-0.3, -0.25) is 19.1 Å². The first-order valence-corrected chi connectivity index (χ1v) is 6.81. The second-order valence-electron chi connectivity index (χ2n) is 4.50. The van der Waals surface area contributed by atoms with Gasteiger partial charge in [-0.1, -0.05) is 6.07 Å². The molecule has 0 aliphatic rings. The van der Waals surface area contributed by atoms with Crippen LogP contribution in [-0.2, 0) is 11.3 Å². The molecule has 0 bridgehead atoms. The molecule has 0 fully saturated rings. The summed E-state index contributed by atoms with van der Waals surface area (Å²) in [5, 5.41) is 2.62. The van der Waals surface area contributed by atoms with Crippen LogP contribution in [0.4, 0.5) is 11.4 Å². The molecule has 0 atom stereocenters. The number of hydrogen-bond donors (Lipinski definition) is 3. The molecule has 0 spiro atoms. The van der Waals surface area contributed by atoms with Gasteiger partial charge in [0, 0.05) is 6.20 Å². The van der Waals surface area contributed by atoms with Crippen LogP contribution in [0.3, 0.4) is 0 Å². The molecule has 7 nitrogen and oxygen atoms in total. The van der Waals surface area contributed by atoms with Crippen molar-refractivity contribution in [2.24, 2.45) is 0 Å². The number of carbonyl (C=O) groups excluding carboxylic acids is 1. The van der Waals surface area contributed by atoms with E-state index in [0.717, 1.165) is 10.1 Å². The molecule has 1 heterocycles. The number of aromatic amines is 1. The van der Waals surface area contributed by atoms with E-state index in [9.17, 15) is 14.4 Å². The van der Waals surface area contributed by atoms with E-state index < -0.39 is 17.2 Å². The van der Waals surface area contributed by atoms with Crippen molar-refractivity contribution in [2.75, 3.05) is 11.1 Å². The average Bonchev–Trinajstić information content (AvgIpc) is 2.39. The van der Waals surface area contributed by atoms with Crippen LogP contribution in [-0.4, -0.2) is 15.5 Å². The number of carbonyl (C=O) groups is 1. The number of rotatable bonds is 3. The molecule has 2 aromatic rings. The summed E-state index contributed by atoms with van der Waals surface area (Å²) in [6.45, 7) is 1.65. The van der Waals surface area contributed by atoms with Crippen LogP contribution in [0.15, 0.2) is 38.5 Å². The number of nitrogens with zero attached hydrogens (tertiary/aromatic N) is 1. The van der Waals surface area contributed by atoms with E-state index in [1.54, 1.807) is 12.1 Å². The Labute approximate surface area is 127 Å². The first-order valence-electron chi connectivity index (χ1n) is 6.02. The molecule has 21 heavy (non-hydrogen) atoms. The smallest absolute Gasteiger partial charge is 0.328 e. The predicted octanol–water partition coefficient (Wildman–Crippen LogP) is 0.828. The van der Waals surface area contributed by atoms with Crippen molar-refractivity contribution in [3.8, 4) is 0 Å². The van der Waals surface area contributed by atoms with E-state index in [2.05, 4.69) is 26.2 Å². The third kappa shape index (κ3) is 3.60. The fourth-order valence-corrected chi connectivity index (χ4v) is 2.09. The topological polar surface area (TPSA) is 110 Å². The van der Waals surface area contributed by atoms with E-state index in [1.807, 2.05) is 13.0 Å². The second kappa shape index (κ2) is 5.96. The first kappa shape index (κ1) is 15.0. The summed E-state index contributed by atoms with van der Waals surface area (Å²) < 4.78 is 1.26. The van der Waals surface area contributed by atoms with Gasteiger partial charge in [0.15, 0.2) is 0 Å². The van der Waals surface area contributed by atoms with E-state index in [-0.39, 0.29) is 11.0 Å². The molecule has 0 unspecified atom stereocenters. The number of anilines is 2. The van der Waals surface area contributed by atoms with Gasteiger partial charge in [0.1, 0.15) is 6.54 Å². The van der Waals surface area contributed by atoms with Crippen LogP contribution >= 0.6 is 15.9 Å². The van der Waals surface area contributed by atoms with Crippen molar-refractivity contribution >= 4 is 33.2 Å². The first-order chi connectivity index (χ1) is 9.86. The van der Waals surface area contributed by atoms with Gasteiger partial charge in [-0.2, -0.15) is 0 Å². The lowest BCUT2D eigenvalue weighted by Gasteiger charge is -2.10. The number of nitrogens with two attached hydrogens (primary N) is 1. The van der Waals surface area contributed by atoms with Crippen molar-refractivity contribution in [1.29, 1.82) is 0 Å². The molecule has 4 N–H and O–H groups in total. The number of nitrogens with one attached hydrogen (secondary N) is 2. The summed E-state index contributed by atoms with van der Waals surface area (Å²) in [5.41, 5.74) is 6.49. The number of hydrogen-bond acceptors (Lipinski definition) is 4. The van der Waals surface area contributed by atoms with Crippen LogP contribution in [0.1, 0.15) is 5.56 Å². The largest absolute Gasteiger partial charge is 0.397 e. The Hall–Kier alpha value is -2.35. The lowest BCUT2D eigenvalue weighted by molar-refractivity contribution is -0.116. The van der Waals surface area contributed by atoms with Crippen molar-refractivity contribution in [2.45, 2.75) is 13.5 Å². The molecule has 1 aromatic heterocycles. The lowest BCUT2D eigenvalue weighted by atomic mass is 10.2. The molecule has 0 aliphatic heterocycles. The van der Waals surface area contributed by atoms with Crippen molar-refractivity contribution in [3.63, 3.8) is 0 Å². The Morgan fingerprint density at radius 3 is 2.81 bits per heavy atom. The SMILES string of the molecule is Cc1ccc(NC(=O)Cn2cc(Br)c(=O)[nH]c2=O)c(N)c1. The number of aromatic nitrogens is 2. The second-order valence-corrected chi connectivity index (χ2v) is 5.36. The summed E-state index contributed by atoms with van der Waals surface area (Å²) in [7, 11) is 0. The van der Waals surface area contributed by atoms with Crippen LogP contribution in [0, 0.1) is 6.92 Å².